The smallest absolute Gasteiger partial charge is 0.326 e. The number of sulfonamides is 1. The molecule has 0 fully saturated rings. The molecule has 1 rings (SSSR count). The Kier molecular flexibility index (Phi) is 8.82. The monoisotopic (exact) mass is 491 g/mol. The van der Waals surface area contributed by atoms with Crippen molar-refractivity contribution in [1.82, 2.24) is 14.1 Å². The number of hydrogen-bond acceptors (Lipinski definition) is 6. The zero-order valence-electron chi connectivity index (χ0n) is 18.0. The molecule has 0 aromatic heterocycles. The summed E-state index contributed by atoms with van der Waals surface area (Å²) in [6.45, 7) is 5.86. The van der Waals surface area contributed by atoms with Crippen LogP contribution in [0.15, 0.2) is 27.6 Å². The Hall–Kier alpha value is -1.49. The number of likely N-dealkylation sites (N-methyl/N-ethyl adjacent to an activating group) is 1. The fourth-order valence-corrected chi connectivity index (χ4v) is 4.16. The van der Waals surface area contributed by atoms with Crippen LogP contribution in [0.25, 0.3) is 0 Å². The van der Waals surface area contributed by atoms with E-state index in [1.54, 1.807) is 20.8 Å². The first-order valence-electron chi connectivity index (χ1n) is 9.03. The van der Waals surface area contributed by atoms with Crippen LogP contribution in [0, 0.1) is 0 Å². The second-order valence-corrected chi connectivity index (χ2v) is 11.0. The van der Waals surface area contributed by atoms with Crippen molar-refractivity contribution >= 4 is 37.8 Å². The molecular weight excluding hydrogens is 462 g/mol. The third-order valence-electron chi connectivity index (χ3n) is 3.78. The first kappa shape index (κ1) is 25.5. The molecule has 29 heavy (non-hydrogen) atoms. The maximum Gasteiger partial charge on any atom is 0.326 e. The van der Waals surface area contributed by atoms with Crippen molar-refractivity contribution in [1.29, 1.82) is 0 Å². The van der Waals surface area contributed by atoms with E-state index >= 15 is 0 Å². The number of hydrogen-bond donors (Lipinski definition) is 0. The fraction of sp³-hybridized carbons (Fsp3) is 0.579. The number of amides is 1. The van der Waals surface area contributed by atoms with Gasteiger partial charge in [-0.2, -0.15) is 0 Å². The Morgan fingerprint density at radius 1 is 1.07 bits per heavy atom. The van der Waals surface area contributed by atoms with E-state index in [-0.39, 0.29) is 23.5 Å². The van der Waals surface area contributed by atoms with E-state index in [1.165, 1.54) is 37.2 Å². The van der Waals surface area contributed by atoms with Gasteiger partial charge in [0, 0.05) is 37.2 Å². The summed E-state index contributed by atoms with van der Waals surface area (Å²) in [5.41, 5.74) is -0.492. The van der Waals surface area contributed by atoms with Gasteiger partial charge in [-0.25, -0.2) is 12.7 Å². The molecule has 164 valence electrons. The second kappa shape index (κ2) is 10.0. The highest BCUT2D eigenvalue weighted by Gasteiger charge is 2.26. The third kappa shape index (κ3) is 7.69. The number of nitrogens with zero attached hydrogens (tertiary/aromatic N) is 3. The normalized spacial score (nSPS) is 12.3. The molecule has 0 aliphatic heterocycles. The predicted octanol–water partition coefficient (Wildman–Crippen LogP) is 2.04. The Morgan fingerprint density at radius 3 is 2.14 bits per heavy atom. The van der Waals surface area contributed by atoms with E-state index in [0.29, 0.717) is 11.0 Å². The molecule has 0 N–H and O–H groups in total. The van der Waals surface area contributed by atoms with Crippen molar-refractivity contribution in [2.45, 2.75) is 31.3 Å². The highest BCUT2D eigenvalue weighted by Crippen LogP contribution is 2.26. The first-order chi connectivity index (χ1) is 13.1. The number of ether oxygens (including phenoxy) is 1. The molecule has 0 saturated carbocycles. The number of benzene rings is 1. The molecule has 0 atom stereocenters. The molecule has 0 unspecified atom stereocenters. The van der Waals surface area contributed by atoms with Crippen molar-refractivity contribution in [3.8, 4) is 0 Å². The minimum absolute atomic E-state index is 0.0156. The van der Waals surface area contributed by atoms with Gasteiger partial charge in [-0.15, -0.1) is 0 Å². The van der Waals surface area contributed by atoms with Crippen LogP contribution in [-0.4, -0.2) is 87.8 Å². The molecule has 0 heterocycles. The van der Waals surface area contributed by atoms with E-state index in [9.17, 15) is 18.0 Å². The molecule has 8 nitrogen and oxygen atoms in total. The molecule has 0 aliphatic carbocycles. The highest BCUT2D eigenvalue weighted by atomic mass is 79.9. The molecule has 0 radical (unpaired) electrons. The standard InChI is InChI=1S/C19H30BrN3O5S/c1-19(2,3)28-17(24)13-23(11-10-21(4)5)18(25)14-8-9-15(20)16(12-14)29(26,27)22(6)7/h8-9,12H,10-11,13H2,1-7H3. The summed E-state index contributed by atoms with van der Waals surface area (Å²) in [7, 11) is 2.81. The van der Waals surface area contributed by atoms with Gasteiger partial charge < -0.3 is 14.5 Å². The Labute approximate surface area is 182 Å². The van der Waals surface area contributed by atoms with Crippen LogP contribution in [-0.2, 0) is 19.6 Å². The van der Waals surface area contributed by atoms with Crippen molar-refractivity contribution < 1.29 is 22.7 Å². The lowest BCUT2D eigenvalue weighted by Gasteiger charge is -2.26. The van der Waals surface area contributed by atoms with Crippen LogP contribution in [0.4, 0.5) is 0 Å². The van der Waals surface area contributed by atoms with Crippen LogP contribution >= 0.6 is 15.9 Å². The molecule has 0 saturated heterocycles. The number of halogens is 1. The summed E-state index contributed by atoms with van der Waals surface area (Å²) < 4.78 is 31.8. The van der Waals surface area contributed by atoms with E-state index < -0.39 is 27.5 Å². The molecule has 0 bridgehead atoms. The highest BCUT2D eigenvalue weighted by molar-refractivity contribution is 9.10. The van der Waals surface area contributed by atoms with Gasteiger partial charge in [-0.3, -0.25) is 9.59 Å². The lowest BCUT2D eigenvalue weighted by Crippen LogP contribution is -2.42. The van der Waals surface area contributed by atoms with Gasteiger partial charge in [0.15, 0.2) is 0 Å². The second-order valence-electron chi connectivity index (χ2n) is 8.05. The molecule has 0 spiro atoms. The predicted molar refractivity (Wildman–Crippen MR) is 115 cm³/mol. The Bertz CT molecular complexity index is 848. The van der Waals surface area contributed by atoms with Gasteiger partial charge in [-0.05, 0) is 69.0 Å². The largest absolute Gasteiger partial charge is 0.459 e. The summed E-state index contributed by atoms with van der Waals surface area (Å²) in [6, 6.07) is 4.36. The Balaban J connectivity index is 3.23. The van der Waals surface area contributed by atoms with Gasteiger partial charge in [0.2, 0.25) is 10.0 Å². The lowest BCUT2D eigenvalue weighted by atomic mass is 10.2. The lowest BCUT2D eigenvalue weighted by molar-refractivity contribution is -0.155. The van der Waals surface area contributed by atoms with E-state index in [1.807, 2.05) is 19.0 Å². The van der Waals surface area contributed by atoms with Gasteiger partial charge in [0.25, 0.3) is 5.91 Å². The van der Waals surface area contributed by atoms with E-state index in [2.05, 4.69) is 15.9 Å². The van der Waals surface area contributed by atoms with Crippen LogP contribution < -0.4 is 0 Å². The van der Waals surface area contributed by atoms with Crippen LogP contribution in [0.2, 0.25) is 0 Å². The zero-order chi connectivity index (χ0) is 22.6. The molecular formula is C19H30BrN3O5S. The fourth-order valence-electron chi connectivity index (χ4n) is 2.32. The minimum atomic E-state index is -3.75. The topological polar surface area (TPSA) is 87.2 Å². The van der Waals surface area contributed by atoms with Crippen molar-refractivity contribution in [3.63, 3.8) is 0 Å². The molecule has 0 aliphatic rings. The number of carbonyl (C=O) groups is 2. The van der Waals surface area contributed by atoms with Crippen LogP contribution in [0.5, 0.6) is 0 Å². The minimum Gasteiger partial charge on any atom is -0.459 e. The van der Waals surface area contributed by atoms with Crippen molar-refractivity contribution in [2.75, 3.05) is 47.8 Å². The molecule has 1 aromatic rings. The maximum absolute atomic E-state index is 13.1. The molecule has 10 heteroatoms. The number of rotatable bonds is 8. The third-order valence-corrected chi connectivity index (χ3v) is 6.59. The summed E-state index contributed by atoms with van der Waals surface area (Å²) >= 11 is 3.23. The van der Waals surface area contributed by atoms with Crippen LogP contribution in [0.1, 0.15) is 31.1 Å². The average Bonchev–Trinajstić information content (AvgIpc) is 2.56. The van der Waals surface area contributed by atoms with Crippen molar-refractivity contribution in [2.24, 2.45) is 0 Å². The van der Waals surface area contributed by atoms with Gasteiger partial charge >= 0.3 is 5.97 Å². The average molecular weight is 492 g/mol. The first-order valence-corrected chi connectivity index (χ1v) is 11.3. The van der Waals surface area contributed by atoms with E-state index in [4.69, 9.17) is 4.74 Å². The zero-order valence-corrected chi connectivity index (χ0v) is 20.4. The summed E-state index contributed by atoms with van der Waals surface area (Å²) in [5, 5.41) is 0. The summed E-state index contributed by atoms with van der Waals surface area (Å²) in [5.74, 6) is -0.969. The van der Waals surface area contributed by atoms with Gasteiger partial charge in [0.1, 0.15) is 12.1 Å². The Morgan fingerprint density at radius 2 is 1.66 bits per heavy atom. The molecule has 1 aromatic carbocycles. The van der Waals surface area contributed by atoms with Gasteiger partial charge in [-0.1, -0.05) is 0 Å². The quantitative estimate of drug-likeness (QED) is 0.517. The SMILES string of the molecule is CN(C)CCN(CC(=O)OC(C)(C)C)C(=O)c1ccc(Br)c(S(=O)(=O)N(C)C)c1. The number of carbonyl (C=O) groups excluding carboxylic acids is 2. The summed E-state index contributed by atoms with van der Waals surface area (Å²) in [4.78, 5) is 28.6. The summed E-state index contributed by atoms with van der Waals surface area (Å²) in [6.07, 6.45) is 0. The van der Waals surface area contributed by atoms with E-state index in [0.717, 1.165) is 4.31 Å². The van der Waals surface area contributed by atoms with Gasteiger partial charge in [0.05, 0.1) is 4.90 Å². The molecule has 1 amide bonds. The van der Waals surface area contributed by atoms with Crippen molar-refractivity contribution in [3.05, 3.63) is 28.2 Å². The van der Waals surface area contributed by atoms with Crippen LogP contribution in [0.3, 0.4) is 0 Å². The number of esters is 1. The maximum atomic E-state index is 13.1.